The number of anilines is 1. The van der Waals surface area contributed by atoms with E-state index in [9.17, 15) is 4.79 Å². The Bertz CT molecular complexity index is 678. The van der Waals surface area contributed by atoms with Crippen molar-refractivity contribution in [1.82, 2.24) is 4.98 Å². The normalized spacial score (nSPS) is 15.1. The van der Waals surface area contributed by atoms with Crippen molar-refractivity contribution in [3.63, 3.8) is 0 Å². The molecule has 6 nitrogen and oxygen atoms in total. The van der Waals surface area contributed by atoms with Gasteiger partial charge in [-0.3, -0.25) is 9.78 Å². The molecule has 1 aliphatic heterocycles. The molecule has 0 unspecified atom stereocenters. The Balaban J connectivity index is 0.00000169. The highest BCUT2D eigenvalue weighted by atomic mass is 35.5. The molecule has 1 saturated heterocycles. The number of amides is 1. The van der Waals surface area contributed by atoms with Crippen molar-refractivity contribution in [2.75, 3.05) is 18.5 Å². The molecule has 2 heterocycles. The molecule has 1 fully saturated rings. The SMILES string of the molecule is Cl.Cl.NC1(C(=O)Nc2ccc(OCc3ccncc3)cc2)CCOCC1. The van der Waals surface area contributed by atoms with Crippen molar-refractivity contribution in [3.8, 4) is 5.75 Å². The summed E-state index contributed by atoms with van der Waals surface area (Å²) >= 11 is 0. The quantitative estimate of drug-likeness (QED) is 0.806. The van der Waals surface area contributed by atoms with Crippen LogP contribution in [0.2, 0.25) is 0 Å². The zero-order valence-corrected chi connectivity index (χ0v) is 15.9. The predicted octanol–water partition coefficient (Wildman–Crippen LogP) is 2.95. The number of aromatic nitrogens is 1. The van der Waals surface area contributed by atoms with Gasteiger partial charge in [0, 0.05) is 31.3 Å². The van der Waals surface area contributed by atoms with Crippen LogP contribution in [0, 0.1) is 0 Å². The van der Waals surface area contributed by atoms with Gasteiger partial charge in [-0.2, -0.15) is 0 Å². The number of hydrogen-bond acceptors (Lipinski definition) is 5. The van der Waals surface area contributed by atoms with E-state index < -0.39 is 5.54 Å². The van der Waals surface area contributed by atoms with Gasteiger partial charge in [-0.25, -0.2) is 0 Å². The maximum Gasteiger partial charge on any atom is 0.244 e. The number of carbonyl (C=O) groups excluding carboxylic acids is 1. The fourth-order valence-corrected chi connectivity index (χ4v) is 2.50. The third-order valence-electron chi connectivity index (χ3n) is 4.10. The lowest BCUT2D eigenvalue weighted by molar-refractivity contribution is -0.124. The molecule has 0 saturated carbocycles. The van der Waals surface area contributed by atoms with Gasteiger partial charge < -0.3 is 20.5 Å². The second kappa shape index (κ2) is 10.3. The first-order valence-electron chi connectivity index (χ1n) is 7.96. The molecule has 26 heavy (non-hydrogen) atoms. The fourth-order valence-electron chi connectivity index (χ4n) is 2.50. The van der Waals surface area contributed by atoms with E-state index in [2.05, 4.69) is 10.3 Å². The fraction of sp³-hybridized carbons (Fsp3) is 0.333. The molecule has 1 aromatic heterocycles. The number of halogens is 2. The topological polar surface area (TPSA) is 86.5 Å². The lowest BCUT2D eigenvalue weighted by atomic mass is 9.90. The van der Waals surface area contributed by atoms with Crippen LogP contribution in [0.25, 0.3) is 0 Å². The van der Waals surface area contributed by atoms with Crippen LogP contribution in [0.15, 0.2) is 48.8 Å². The zero-order chi connectivity index (χ0) is 16.8. The van der Waals surface area contributed by atoms with E-state index in [0.717, 1.165) is 11.3 Å². The smallest absolute Gasteiger partial charge is 0.244 e. The van der Waals surface area contributed by atoms with E-state index in [4.69, 9.17) is 15.2 Å². The molecule has 142 valence electrons. The molecule has 0 bridgehead atoms. The summed E-state index contributed by atoms with van der Waals surface area (Å²) in [5, 5.41) is 2.87. The lowest BCUT2D eigenvalue weighted by Crippen LogP contribution is -2.54. The van der Waals surface area contributed by atoms with E-state index >= 15 is 0 Å². The molecule has 2 aromatic rings. The van der Waals surface area contributed by atoms with Gasteiger partial charge in [-0.05, 0) is 54.8 Å². The number of benzene rings is 1. The Hall–Kier alpha value is -1.86. The molecule has 0 spiro atoms. The molecule has 8 heteroatoms. The number of carbonyl (C=O) groups is 1. The summed E-state index contributed by atoms with van der Waals surface area (Å²) in [7, 11) is 0. The zero-order valence-electron chi connectivity index (χ0n) is 14.2. The minimum atomic E-state index is -0.852. The average Bonchev–Trinajstić information content (AvgIpc) is 2.62. The van der Waals surface area contributed by atoms with Crippen molar-refractivity contribution in [3.05, 3.63) is 54.4 Å². The molecule has 0 aliphatic carbocycles. The van der Waals surface area contributed by atoms with Gasteiger partial charge >= 0.3 is 0 Å². The Kier molecular flexibility index (Phi) is 8.81. The highest BCUT2D eigenvalue weighted by Crippen LogP contribution is 2.22. The first-order chi connectivity index (χ1) is 11.7. The van der Waals surface area contributed by atoms with Crippen molar-refractivity contribution < 1.29 is 14.3 Å². The Labute approximate surface area is 165 Å². The van der Waals surface area contributed by atoms with E-state index in [1.165, 1.54) is 0 Å². The third-order valence-corrected chi connectivity index (χ3v) is 4.10. The number of ether oxygens (including phenoxy) is 2. The number of nitrogens with zero attached hydrogens (tertiary/aromatic N) is 1. The Morgan fingerprint density at radius 2 is 1.73 bits per heavy atom. The second-order valence-electron chi connectivity index (χ2n) is 5.89. The molecular formula is C18H23Cl2N3O3. The van der Waals surface area contributed by atoms with Crippen LogP contribution in [0.5, 0.6) is 5.75 Å². The summed E-state index contributed by atoms with van der Waals surface area (Å²) in [5.74, 6) is 0.564. The molecule has 1 aromatic carbocycles. The van der Waals surface area contributed by atoms with Gasteiger partial charge in [-0.15, -0.1) is 24.8 Å². The molecule has 1 amide bonds. The molecule has 3 rings (SSSR count). The van der Waals surface area contributed by atoms with Crippen LogP contribution < -0.4 is 15.8 Å². The second-order valence-corrected chi connectivity index (χ2v) is 5.89. The van der Waals surface area contributed by atoms with E-state index in [0.29, 0.717) is 38.3 Å². The minimum Gasteiger partial charge on any atom is -0.489 e. The van der Waals surface area contributed by atoms with Gasteiger partial charge in [0.15, 0.2) is 0 Å². The molecule has 1 aliphatic rings. The van der Waals surface area contributed by atoms with Crippen molar-refractivity contribution >= 4 is 36.4 Å². The number of rotatable bonds is 5. The lowest BCUT2D eigenvalue weighted by Gasteiger charge is -2.31. The Morgan fingerprint density at radius 3 is 2.35 bits per heavy atom. The van der Waals surface area contributed by atoms with Crippen LogP contribution >= 0.6 is 24.8 Å². The Morgan fingerprint density at radius 1 is 1.12 bits per heavy atom. The van der Waals surface area contributed by atoms with Crippen molar-refractivity contribution in [2.45, 2.75) is 25.0 Å². The van der Waals surface area contributed by atoms with Gasteiger partial charge in [0.25, 0.3) is 0 Å². The highest BCUT2D eigenvalue weighted by molar-refractivity contribution is 5.98. The number of hydrogen-bond donors (Lipinski definition) is 2. The van der Waals surface area contributed by atoms with Gasteiger partial charge in [0.1, 0.15) is 17.9 Å². The van der Waals surface area contributed by atoms with Crippen LogP contribution in [0.3, 0.4) is 0 Å². The van der Waals surface area contributed by atoms with Crippen molar-refractivity contribution in [1.29, 1.82) is 0 Å². The molecule has 3 N–H and O–H groups in total. The summed E-state index contributed by atoms with van der Waals surface area (Å²) in [4.78, 5) is 16.3. The highest BCUT2D eigenvalue weighted by Gasteiger charge is 2.35. The summed E-state index contributed by atoms with van der Waals surface area (Å²) in [6.45, 7) is 1.51. The first-order valence-corrected chi connectivity index (χ1v) is 7.96. The standard InChI is InChI=1S/C18H21N3O3.2ClH/c19-18(7-11-23-12-8-18)17(22)21-15-1-3-16(4-2-15)24-13-14-5-9-20-10-6-14;;/h1-6,9-10H,7-8,11-13,19H2,(H,21,22);2*1H. The van der Waals surface area contributed by atoms with E-state index in [1.807, 2.05) is 36.4 Å². The van der Waals surface area contributed by atoms with E-state index in [1.54, 1.807) is 12.4 Å². The minimum absolute atomic E-state index is 0. The van der Waals surface area contributed by atoms with Crippen molar-refractivity contribution in [2.24, 2.45) is 5.73 Å². The number of nitrogens with one attached hydrogen (secondary N) is 1. The maximum atomic E-state index is 12.4. The summed E-state index contributed by atoms with van der Waals surface area (Å²) < 4.78 is 11.0. The van der Waals surface area contributed by atoms with Gasteiger partial charge in [-0.1, -0.05) is 0 Å². The predicted molar refractivity (Wildman–Crippen MR) is 105 cm³/mol. The van der Waals surface area contributed by atoms with Crippen LogP contribution in [-0.2, 0) is 16.1 Å². The maximum absolute atomic E-state index is 12.4. The third kappa shape index (κ3) is 5.85. The largest absolute Gasteiger partial charge is 0.489 e. The number of nitrogens with two attached hydrogens (primary N) is 1. The van der Waals surface area contributed by atoms with Gasteiger partial charge in [0.05, 0.1) is 0 Å². The summed E-state index contributed by atoms with van der Waals surface area (Å²) in [6.07, 6.45) is 4.53. The average molecular weight is 400 g/mol. The summed E-state index contributed by atoms with van der Waals surface area (Å²) in [6, 6.07) is 11.1. The molecular weight excluding hydrogens is 377 g/mol. The first kappa shape index (κ1) is 22.2. The van der Waals surface area contributed by atoms with Gasteiger partial charge in [0.2, 0.25) is 5.91 Å². The monoisotopic (exact) mass is 399 g/mol. The number of pyridine rings is 1. The van der Waals surface area contributed by atoms with E-state index in [-0.39, 0.29) is 30.7 Å². The van der Waals surface area contributed by atoms with Crippen LogP contribution in [-0.4, -0.2) is 29.6 Å². The van der Waals surface area contributed by atoms with Crippen LogP contribution in [0.4, 0.5) is 5.69 Å². The molecule has 0 radical (unpaired) electrons. The van der Waals surface area contributed by atoms with Crippen LogP contribution in [0.1, 0.15) is 18.4 Å². The molecule has 0 atom stereocenters. The summed E-state index contributed by atoms with van der Waals surface area (Å²) in [5.41, 5.74) is 7.07.